The molecule has 70 heavy (non-hydrogen) atoms. The van der Waals surface area contributed by atoms with Gasteiger partial charge >= 0.3 is 0 Å². The van der Waals surface area contributed by atoms with Gasteiger partial charge in [-0.25, -0.2) is 5.06 Å². The lowest BCUT2D eigenvalue weighted by Crippen LogP contribution is -2.56. The molecule has 2 N–H and O–H groups in total. The highest BCUT2D eigenvalue weighted by Gasteiger charge is 2.64. The van der Waals surface area contributed by atoms with Crippen LogP contribution in [0.2, 0.25) is 0 Å². The Labute approximate surface area is 432 Å². The summed E-state index contributed by atoms with van der Waals surface area (Å²) in [4.78, 5) is 31.9. The number of Topliss-reactive ketones (excluding diaryl/α,β-unsaturated/α-hetero) is 1. The van der Waals surface area contributed by atoms with Crippen LogP contribution in [0.1, 0.15) is 186 Å². The van der Waals surface area contributed by atoms with Gasteiger partial charge in [-0.1, -0.05) is 51.1 Å². The lowest BCUT2D eigenvalue weighted by Gasteiger charge is -2.61. The summed E-state index contributed by atoms with van der Waals surface area (Å²) >= 11 is 3.40. The van der Waals surface area contributed by atoms with Crippen molar-refractivity contribution in [3.8, 4) is 11.5 Å². The first-order valence-corrected chi connectivity index (χ1v) is 28.0. The third kappa shape index (κ3) is 9.96. The molecule has 0 aromatic heterocycles. The molecule has 16 atom stereocenters. The first-order valence-electron chi connectivity index (χ1n) is 27.2. The predicted molar refractivity (Wildman–Crippen MR) is 286 cm³/mol. The lowest BCUT2D eigenvalue weighted by atomic mass is 9.44. The topological polar surface area (TPSA) is 106 Å². The Balaban J connectivity index is 0.000000172. The van der Waals surface area contributed by atoms with Gasteiger partial charge in [-0.3, -0.25) is 14.4 Å². The van der Waals surface area contributed by atoms with E-state index in [1.54, 1.807) is 28.4 Å². The van der Waals surface area contributed by atoms with Gasteiger partial charge < -0.3 is 19.7 Å². The highest BCUT2D eigenvalue weighted by Crippen LogP contribution is 2.70. The van der Waals surface area contributed by atoms with Crippen LogP contribution < -0.4 is 9.47 Å². The maximum Gasteiger partial charge on any atom is 0.249 e. The van der Waals surface area contributed by atoms with Crippen LogP contribution in [0, 0.1) is 94.7 Å². The normalized spacial score (nSPS) is 42.2. The molecule has 2 aromatic rings. The maximum atomic E-state index is 13.8. The SMILES string of the molecule is C.CON(C)C(=O)[C@H]1CC[C@H]2[C@@H]3CC[C@@H]4C[C@](C)(O)CC[C@]4(C)[C@H]3CC[C@]12C.COc1ccc(Br)c(C)c1.COc1ccc(C(=O)[C@H]2CC[C@H]3[C@@H]4CC[C@@H]5C[C@](C)(O)CC[C@]5(C)[C@H]4CC[C@]23C)c(C)c1. The van der Waals surface area contributed by atoms with Crippen molar-refractivity contribution in [2.45, 2.75) is 190 Å². The number of aryl methyl sites for hydroxylation is 2. The number of ether oxygens (including phenoxy) is 2. The van der Waals surface area contributed by atoms with E-state index >= 15 is 0 Å². The van der Waals surface area contributed by atoms with E-state index in [2.05, 4.69) is 43.6 Å². The number of aliphatic hydroxyl groups is 2. The van der Waals surface area contributed by atoms with E-state index in [-0.39, 0.29) is 36.0 Å². The number of amides is 1. The van der Waals surface area contributed by atoms with E-state index in [4.69, 9.17) is 14.3 Å². The van der Waals surface area contributed by atoms with Crippen LogP contribution in [-0.4, -0.2) is 66.5 Å². The van der Waals surface area contributed by atoms with Crippen molar-refractivity contribution >= 4 is 27.6 Å². The average Bonchev–Trinajstić information content (AvgIpc) is 3.86. The van der Waals surface area contributed by atoms with Crippen LogP contribution in [0.3, 0.4) is 0 Å². The van der Waals surface area contributed by atoms with Crippen LogP contribution in [0.4, 0.5) is 0 Å². The third-order valence-electron chi connectivity index (χ3n) is 22.2. The van der Waals surface area contributed by atoms with Crippen LogP contribution >= 0.6 is 15.9 Å². The van der Waals surface area contributed by atoms with Gasteiger partial charge in [-0.15, -0.1) is 0 Å². The fraction of sp³-hybridized carbons (Fsp3) is 0.770. The summed E-state index contributed by atoms with van der Waals surface area (Å²) in [5, 5.41) is 22.8. The van der Waals surface area contributed by atoms with Crippen molar-refractivity contribution in [3.05, 3.63) is 57.6 Å². The minimum Gasteiger partial charge on any atom is -0.497 e. The smallest absolute Gasteiger partial charge is 0.249 e. The molecule has 0 bridgehead atoms. The number of halogens is 1. The molecule has 8 aliphatic rings. The minimum absolute atomic E-state index is 0. The van der Waals surface area contributed by atoms with Gasteiger partial charge in [0.05, 0.1) is 32.5 Å². The molecule has 9 heteroatoms. The van der Waals surface area contributed by atoms with Crippen molar-refractivity contribution in [2.75, 3.05) is 28.4 Å². The summed E-state index contributed by atoms with van der Waals surface area (Å²) in [6.45, 7) is 18.1. The number of hydrogen-bond donors (Lipinski definition) is 2. The quantitative estimate of drug-likeness (QED) is 0.219. The molecule has 392 valence electrons. The first kappa shape index (κ1) is 55.3. The Morgan fingerprint density at radius 3 is 1.47 bits per heavy atom. The number of ketones is 1. The number of fused-ring (bicyclic) bond motifs is 10. The molecule has 0 aliphatic heterocycles. The molecule has 2 aromatic carbocycles. The summed E-state index contributed by atoms with van der Waals surface area (Å²) in [6, 6.07) is 11.8. The van der Waals surface area contributed by atoms with Gasteiger partial charge in [-0.05, 0) is 260 Å². The predicted octanol–water partition coefficient (Wildman–Crippen LogP) is 14.4. The molecule has 8 nitrogen and oxygen atoms in total. The van der Waals surface area contributed by atoms with Gasteiger partial charge in [0.25, 0.3) is 0 Å². The number of rotatable bonds is 6. The van der Waals surface area contributed by atoms with Gasteiger partial charge in [0, 0.05) is 28.9 Å². The summed E-state index contributed by atoms with van der Waals surface area (Å²) < 4.78 is 11.5. The Morgan fingerprint density at radius 1 is 0.571 bits per heavy atom. The molecule has 10 rings (SSSR count). The Bertz CT molecular complexity index is 2190. The second kappa shape index (κ2) is 20.7. The molecule has 0 unspecified atom stereocenters. The monoisotopic (exact) mass is 1030 g/mol. The molecule has 8 saturated carbocycles. The zero-order valence-corrected chi connectivity index (χ0v) is 46.3. The zero-order valence-electron chi connectivity index (χ0n) is 44.7. The van der Waals surface area contributed by atoms with Crippen molar-refractivity contribution < 1.29 is 34.1 Å². The molecule has 8 fully saturated rings. The Morgan fingerprint density at radius 2 is 1.01 bits per heavy atom. The van der Waals surface area contributed by atoms with E-state index < -0.39 is 11.2 Å². The number of carbonyl (C=O) groups is 2. The number of methoxy groups -OCH3 is 2. The Kier molecular flexibility index (Phi) is 16.3. The van der Waals surface area contributed by atoms with Crippen LogP contribution in [-0.2, 0) is 9.63 Å². The second-order valence-corrected chi connectivity index (χ2v) is 26.6. The largest absolute Gasteiger partial charge is 0.497 e. The molecule has 0 saturated heterocycles. The molecule has 0 heterocycles. The number of benzene rings is 2. The molecule has 0 radical (unpaired) electrons. The summed E-state index contributed by atoms with van der Waals surface area (Å²) in [6.07, 6.45) is 20.7. The van der Waals surface area contributed by atoms with Crippen LogP contribution in [0.5, 0.6) is 11.5 Å². The van der Waals surface area contributed by atoms with Crippen molar-refractivity contribution in [2.24, 2.45) is 80.8 Å². The fourth-order valence-electron chi connectivity index (χ4n) is 18.0. The molecular formula is C61H94BrNO7. The summed E-state index contributed by atoms with van der Waals surface area (Å²) in [5.41, 5.74) is 3.22. The van der Waals surface area contributed by atoms with E-state index in [0.717, 1.165) is 89.3 Å². The van der Waals surface area contributed by atoms with Crippen molar-refractivity contribution in [1.29, 1.82) is 0 Å². The van der Waals surface area contributed by atoms with Crippen LogP contribution in [0.15, 0.2) is 40.9 Å². The minimum atomic E-state index is -0.471. The second-order valence-electron chi connectivity index (χ2n) is 25.7. The Hall–Kier alpha value is -2.46. The highest BCUT2D eigenvalue weighted by molar-refractivity contribution is 9.10. The highest BCUT2D eigenvalue weighted by atomic mass is 79.9. The van der Waals surface area contributed by atoms with Crippen LogP contribution in [0.25, 0.3) is 0 Å². The molecular weight excluding hydrogens is 939 g/mol. The summed E-state index contributed by atoms with van der Waals surface area (Å²) in [5.74, 6) is 8.29. The maximum absolute atomic E-state index is 13.8. The van der Waals surface area contributed by atoms with E-state index in [1.807, 2.05) is 64.1 Å². The standard InChI is InChI=1S/C29H42O3.C23H39NO3.C8H9BrO.CH4/c1-18-16-20(32-5)7-9-21(18)26(30)25-11-10-23-22-8-6-19-17-27(2,31)14-15-28(19,3)24(22)12-13-29(23,25)4;1-21(26)12-13-22(2)15(14-21)6-7-16-17-8-9-19(20(25)24(4)27-5)23(17,3)11-10-18(16)22;1-6-5-7(10-2)3-4-8(6)9;/h7,9,16,19,22-25,31H,6,8,10-15,17H2,1-5H3;15-19,26H,6-14H2,1-5H3;3-5H,1-2H3;1H4/t19-,22+,23+,24+,25-,27-,28+,29+;15-,16+,17+,18+,19-,21-,22+,23+;;/m11../s1. The van der Waals surface area contributed by atoms with Crippen molar-refractivity contribution in [1.82, 2.24) is 5.06 Å². The van der Waals surface area contributed by atoms with E-state index in [1.165, 1.54) is 87.7 Å². The lowest BCUT2D eigenvalue weighted by molar-refractivity contribution is -0.182. The summed E-state index contributed by atoms with van der Waals surface area (Å²) in [7, 11) is 6.69. The third-order valence-corrected chi connectivity index (χ3v) is 23.1. The zero-order chi connectivity index (χ0) is 50.1. The first-order chi connectivity index (χ1) is 32.4. The number of carbonyl (C=O) groups excluding carboxylic acids is 2. The van der Waals surface area contributed by atoms with Gasteiger partial charge in [0.15, 0.2) is 5.78 Å². The van der Waals surface area contributed by atoms with Crippen molar-refractivity contribution in [3.63, 3.8) is 0 Å². The molecule has 1 amide bonds. The molecule has 0 spiro atoms. The van der Waals surface area contributed by atoms with E-state index in [0.29, 0.717) is 40.3 Å². The average molecular weight is 1030 g/mol. The van der Waals surface area contributed by atoms with E-state index in [9.17, 15) is 19.8 Å². The molecule has 8 aliphatic carbocycles. The number of hydrogen-bond acceptors (Lipinski definition) is 7. The van der Waals surface area contributed by atoms with Gasteiger partial charge in [0.1, 0.15) is 11.5 Å². The van der Waals surface area contributed by atoms with Gasteiger partial charge in [-0.2, -0.15) is 0 Å². The van der Waals surface area contributed by atoms with Gasteiger partial charge in [0.2, 0.25) is 5.91 Å². The number of hydroxylamine groups is 2. The fourth-order valence-corrected chi connectivity index (χ4v) is 18.2. The number of nitrogens with zero attached hydrogens (tertiary/aromatic N) is 1.